The molecule has 0 unspecified atom stereocenters. The minimum absolute atomic E-state index is 0.962. The third kappa shape index (κ3) is 2.34. The molecule has 0 atom stereocenters. The van der Waals surface area contributed by atoms with E-state index in [0.717, 1.165) is 25.2 Å². The third-order valence-corrected chi connectivity index (χ3v) is 4.33. The lowest BCUT2D eigenvalue weighted by Crippen LogP contribution is -2.24. The lowest BCUT2D eigenvalue weighted by Gasteiger charge is -2.22. The van der Waals surface area contributed by atoms with Crippen molar-refractivity contribution in [1.29, 1.82) is 0 Å². The fourth-order valence-corrected chi connectivity index (χ4v) is 3.15. The van der Waals surface area contributed by atoms with Crippen molar-refractivity contribution in [1.82, 2.24) is 14.9 Å². The van der Waals surface area contributed by atoms with Gasteiger partial charge in [-0.3, -0.25) is 0 Å². The zero-order valence-corrected chi connectivity index (χ0v) is 12.7. The van der Waals surface area contributed by atoms with Crippen molar-refractivity contribution < 1.29 is 0 Å². The smallest absolute Gasteiger partial charge is 0.137 e. The number of nitrogens with one attached hydrogen (secondary N) is 1. The molecular weight excluding hydrogens is 270 g/mol. The van der Waals surface area contributed by atoms with Gasteiger partial charge in [0.15, 0.2) is 0 Å². The van der Waals surface area contributed by atoms with Crippen LogP contribution in [-0.2, 0) is 0 Å². The molecular formula is C19H19N3. The van der Waals surface area contributed by atoms with Gasteiger partial charge in [0.2, 0.25) is 0 Å². The van der Waals surface area contributed by atoms with Crippen molar-refractivity contribution in [3.05, 3.63) is 60.4 Å². The number of aromatic nitrogens is 2. The monoisotopic (exact) mass is 289 g/mol. The first-order valence-corrected chi connectivity index (χ1v) is 7.72. The Bertz CT molecular complexity index is 830. The van der Waals surface area contributed by atoms with Gasteiger partial charge in [-0.15, -0.1) is 0 Å². The number of rotatable bonds is 2. The zero-order chi connectivity index (χ0) is 14.9. The predicted octanol–water partition coefficient (Wildman–Crippen LogP) is 3.95. The van der Waals surface area contributed by atoms with E-state index in [4.69, 9.17) is 0 Å². The van der Waals surface area contributed by atoms with Crippen molar-refractivity contribution in [3.8, 4) is 11.1 Å². The summed E-state index contributed by atoms with van der Waals surface area (Å²) in [6.07, 6.45) is 7.51. The van der Waals surface area contributed by atoms with Gasteiger partial charge < -0.3 is 9.88 Å². The van der Waals surface area contributed by atoms with E-state index in [2.05, 4.69) is 64.5 Å². The van der Waals surface area contributed by atoms with Crippen LogP contribution in [0.2, 0.25) is 0 Å². The molecule has 1 aliphatic heterocycles. The zero-order valence-electron chi connectivity index (χ0n) is 12.7. The molecule has 3 heterocycles. The molecule has 0 amide bonds. The number of hydrogen-bond acceptors (Lipinski definition) is 2. The maximum Gasteiger partial charge on any atom is 0.137 e. The number of hydrogen-bond donors (Lipinski definition) is 1. The van der Waals surface area contributed by atoms with Crippen LogP contribution in [0.5, 0.6) is 0 Å². The number of aromatic amines is 1. The molecule has 1 aromatic carbocycles. The van der Waals surface area contributed by atoms with E-state index in [1.54, 1.807) is 0 Å². The highest BCUT2D eigenvalue weighted by atomic mass is 15.1. The first-order valence-electron chi connectivity index (χ1n) is 7.72. The Morgan fingerprint density at radius 2 is 2.00 bits per heavy atom. The van der Waals surface area contributed by atoms with Crippen molar-refractivity contribution >= 4 is 16.6 Å². The Morgan fingerprint density at radius 1 is 1.14 bits per heavy atom. The first kappa shape index (κ1) is 13.3. The lowest BCUT2D eigenvalue weighted by molar-refractivity contribution is 0.373. The summed E-state index contributed by atoms with van der Waals surface area (Å²) in [6.45, 7) is 2.14. The number of likely N-dealkylation sites (N-methyl/N-ethyl adjacent to an activating group) is 1. The van der Waals surface area contributed by atoms with Crippen molar-refractivity contribution in [2.45, 2.75) is 6.42 Å². The molecule has 22 heavy (non-hydrogen) atoms. The summed E-state index contributed by atoms with van der Waals surface area (Å²) in [4.78, 5) is 10.3. The topological polar surface area (TPSA) is 31.9 Å². The second-order valence-electron chi connectivity index (χ2n) is 5.94. The molecule has 0 saturated carbocycles. The van der Waals surface area contributed by atoms with Crippen LogP contribution in [0.15, 0.2) is 54.9 Å². The van der Waals surface area contributed by atoms with Crippen LogP contribution in [0.3, 0.4) is 0 Å². The summed E-state index contributed by atoms with van der Waals surface area (Å²) < 4.78 is 0. The van der Waals surface area contributed by atoms with Gasteiger partial charge >= 0.3 is 0 Å². The summed E-state index contributed by atoms with van der Waals surface area (Å²) in [5.74, 6) is 0. The van der Waals surface area contributed by atoms with Gasteiger partial charge in [-0.2, -0.15) is 0 Å². The molecule has 3 heteroatoms. The van der Waals surface area contributed by atoms with E-state index < -0.39 is 0 Å². The molecule has 1 aliphatic rings. The largest absolute Gasteiger partial charge is 0.346 e. The van der Waals surface area contributed by atoms with E-state index in [1.807, 2.05) is 12.3 Å². The molecule has 0 saturated heterocycles. The molecule has 3 nitrogen and oxygen atoms in total. The van der Waals surface area contributed by atoms with Crippen molar-refractivity contribution in [2.24, 2.45) is 0 Å². The van der Waals surface area contributed by atoms with E-state index in [0.29, 0.717) is 0 Å². The number of H-pyrrole nitrogens is 1. The average Bonchev–Trinajstić information content (AvgIpc) is 2.99. The standard InChI is InChI=1S/C19H19N3/c1-22-9-5-8-15(13-22)18-12-21-19-17(18)10-16(11-20-19)14-6-3-2-4-7-14/h2-4,6-8,10-12H,5,9,13H2,1H3,(H,20,21). The first-order chi connectivity index (χ1) is 10.8. The molecule has 1 N–H and O–H groups in total. The molecule has 0 radical (unpaired) electrons. The molecule has 0 fully saturated rings. The number of benzene rings is 1. The summed E-state index contributed by atoms with van der Waals surface area (Å²) >= 11 is 0. The summed E-state index contributed by atoms with van der Waals surface area (Å²) in [5, 5.41) is 1.21. The van der Waals surface area contributed by atoms with E-state index in [1.165, 1.54) is 27.6 Å². The number of nitrogens with zero attached hydrogens (tertiary/aromatic N) is 2. The van der Waals surface area contributed by atoms with E-state index in [9.17, 15) is 0 Å². The van der Waals surface area contributed by atoms with Crippen molar-refractivity contribution in [3.63, 3.8) is 0 Å². The Morgan fingerprint density at radius 3 is 2.82 bits per heavy atom. The highest BCUT2D eigenvalue weighted by Crippen LogP contribution is 2.30. The molecule has 3 aromatic rings. The normalized spacial score (nSPS) is 16.0. The Balaban J connectivity index is 1.82. The fourth-order valence-electron chi connectivity index (χ4n) is 3.15. The van der Waals surface area contributed by atoms with Gasteiger partial charge in [-0.05, 0) is 30.7 Å². The molecule has 4 rings (SSSR count). The van der Waals surface area contributed by atoms with Gasteiger partial charge in [0, 0.05) is 42.0 Å². The van der Waals surface area contributed by atoms with Crippen LogP contribution in [0.1, 0.15) is 12.0 Å². The summed E-state index contributed by atoms with van der Waals surface area (Å²) in [7, 11) is 2.18. The van der Waals surface area contributed by atoms with Crippen LogP contribution in [0, 0.1) is 0 Å². The third-order valence-electron chi connectivity index (χ3n) is 4.33. The van der Waals surface area contributed by atoms with Gasteiger partial charge in [0.05, 0.1) is 0 Å². The Kier molecular flexibility index (Phi) is 3.28. The molecule has 2 aromatic heterocycles. The quantitative estimate of drug-likeness (QED) is 0.774. The predicted molar refractivity (Wildman–Crippen MR) is 91.6 cm³/mol. The van der Waals surface area contributed by atoms with Crippen LogP contribution in [0.25, 0.3) is 27.7 Å². The summed E-state index contributed by atoms with van der Waals surface area (Å²) in [5.41, 5.74) is 6.01. The van der Waals surface area contributed by atoms with Crippen molar-refractivity contribution in [2.75, 3.05) is 20.1 Å². The highest BCUT2D eigenvalue weighted by molar-refractivity contribution is 5.93. The van der Waals surface area contributed by atoms with Crippen LogP contribution in [-0.4, -0.2) is 35.0 Å². The molecule has 0 aliphatic carbocycles. The van der Waals surface area contributed by atoms with Gasteiger partial charge in [0.25, 0.3) is 0 Å². The second kappa shape index (κ2) is 5.43. The summed E-state index contributed by atoms with van der Waals surface area (Å²) in [6, 6.07) is 12.7. The average molecular weight is 289 g/mol. The number of pyridine rings is 1. The van der Waals surface area contributed by atoms with E-state index in [-0.39, 0.29) is 0 Å². The van der Waals surface area contributed by atoms with E-state index >= 15 is 0 Å². The van der Waals surface area contributed by atoms with Gasteiger partial charge in [0.1, 0.15) is 5.65 Å². The fraction of sp³-hybridized carbons (Fsp3) is 0.211. The van der Waals surface area contributed by atoms with Gasteiger partial charge in [-0.25, -0.2) is 4.98 Å². The Hall–Kier alpha value is -2.39. The maximum atomic E-state index is 4.60. The van der Waals surface area contributed by atoms with Crippen LogP contribution < -0.4 is 0 Å². The molecule has 0 bridgehead atoms. The van der Waals surface area contributed by atoms with Crippen LogP contribution in [0.4, 0.5) is 0 Å². The lowest BCUT2D eigenvalue weighted by atomic mass is 9.99. The second-order valence-corrected chi connectivity index (χ2v) is 5.94. The highest BCUT2D eigenvalue weighted by Gasteiger charge is 2.15. The molecule has 0 spiro atoms. The SMILES string of the molecule is CN1CCC=C(c2c[nH]c3ncc(-c4ccccc4)cc23)C1. The minimum Gasteiger partial charge on any atom is -0.346 e. The molecule has 110 valence electrons. The maximum absolute atomic E-state index is 4.60. The number of fused-ring (bicyclic) bond motifs is 1. The minimum atomic E-state index is 0.962. The Labute approximate surface area is 130 Å². The van der Waals surface area contributed by atoms with Gasteiger partial charge in [-0.1, -0.05) is 36.4 Å². The van der Waals surface area contributed by atoms with Crippen LogP contribution >= 0.6 is 0 Å².